The van der Waals surface area contributed by atoms with Gasteiger partial charge in [-0.1, -0.05) is 13.8 Å². The van der Waals surface area contributed by atoms with Crippen molar-refractivity contribution in [2.45, 2.75) is 25.9 Å². The maximum Gasteiger partial charge on any atom is 0.394 e. The van der Waals surface area contributed by atoms with Crippen molar-refractivity contribution in [3.05, 3.63) is 0 Å². The Morgan fingerprint density at radius 3 is 2.07 bits per heavy atom. The van der Waals surface area contributed by atoms with Gasteiger partial charge in [-0.05, 0) is 0 Å². The lowest BCUT2D eigenvalue weighted by Crippen LogP contribution is -2.49. The van der Waals surface area contributed by atoms with Gasteiger partial charge in [-0.3, -0.25) is 9.59 Å². The molecular formula is C8H14N2O5. The van der Waals surface area contributed by atoms with Gasteiger partial charge in [0.1, 0.15) is 6.04 Å². The molecule has 0 aromatic rings. The van der Waals surface area contributed by atoms with Gasteiger partial charge in [-0.15, -0.1) is 0 Å². The van der Waals surface area contributed by atoms with Gasteiger partial charge in [-0.2, -0.15) is 0 Å². The SMILES string of the molecule is CC(C)NC(CNC(=O)C(=O)O)C(=O)O. The highest BCUT2D eigenvalue weighted by Crippen LogP contribution is 1.87. The van der Waals surface area contributed by atoms with E-state index < -0.39 is 23.9 Å². The molecule has 4 N–H and O–H groups in total. The molecule has 0 saturated heterocycles. The maximum absolute atomic E-state index is 10.7. The molecule has 15 heavy (non-hydrogen) atoms. The van der Waals surface area contributed by atoms with Crippen LogP contribution in [0.25, 0.3) is 0 Å². The Bertz CT molecular complexity index is 264. The summed E-state index contributed by atoms with van der Waals surface area (Å²) in [4.78, 5) is 31.4. The van der Waals surface area contributed by atoms with Crippen LogP contribution in [0.3, 0.4) is 0 Å². The van der Waals surface area contributed by atoms with Gasteiger partial charge in [0, 0.05) is 12.6 Å². The third-order valence-corrected chi connectivity index (χ3v) is 1.49. The highest BCUT2D eigenvalue weighted by molar-refractivity contribution is 6.31. The van der Waals surface area contributed by atoms with Crippen LogP contribution in [0, 0.1) is 0 Å². The molecule has 0 aromatic heterocycles. The monoisotopic (exact) mass is 218 g/mol. The Kier molecular flexibility index (Phi) is 5.32. The zero-order valence-electron chi connectivity index (χ0n) is 8.48. The number of amides is 1. The summed E-state index contributed by atoms with van der Waals surface area (Å²) in [7, 11) is 0. The van der Waals surface area contributed by atoms with Gasteiger partial charge in [-0.25, -0.2) is 4.79 Å². The van der Waals surface area contributed by atoms with E-state index in [4.69, 9.17) is 10.2 Å². The van der Waals surface area contributed by atoms with Gasteiger partial charge in [0.15, 0.2) is 0 Å². The van der Waals surface area contributed by atoms with E-state index >= 15 is 0 Å². The molecule has 0 fully saturated rings. The van der Waals surface area contributed by atoms with Crippen molar-refractivity contribution >= 4 is 17.8 Å². The second-order valence-electron chi connectivity index (χ2n) is 3.23. The van der Waals surface area contributed by atoms with Crippen LogP contribution in [-0.2, 0) is 14.4 Å². The molecule has 0 aliphatic carbocycles. The van der Waals surface area contributed by atoms with Gasteiger partial charge in [0.2, 0.25) is 0 Å². The summed E-state index contributed by atoms with van der Waals surface area (Å²) in [6, 6.07) is -1.07. The van der Waals surface area contributed by atoms with Crippen LogP contribution in [0.5, 0.6) is 0 Å². The molecular weight excluding hydrogens is 204 g/mol. The summed E-state index contributed by atoms with van der Waals surface area (Å²) in [5.41, 5.74) is 0. The Morgan fingerprint density at radius 2 is 1.73 bits per heavy atom. The first-order chi connectivity index (χ1) is 6.84. The Labute approximate surface area is 86.5 Å². The van der Waals surface area contributed by atoms with Gasteiger partial charge in [0.05, 0.1) is 0 Å². The normalized spacial score (nSPS) is 12.2. The minimum absolute atomic E-state index is 0.0761. The molecule has 86 valence electrons. The number of hydrogen-bond donors (Lipinski definition) is 4. The number of rotatable bonds is 5. The number of carbonyl (C=O) groups excluding carboxylic acids is 1. The van der Waals surface area contributed by atoms with Crippen molar-refractivity contribution in [3.8, 4) is 0 Å². The van der Waals surface area contributed by atoms with E-state index in [1.165, 1.54) is 0 Å². The molecule has 0 aliphatic heterocycles. The van der Waals surface area contributed by atoms with Crippen molar-refractivity contribution in [3.63, 3.8) is 0 Å². The van der Waals surface area contributed by atoms with E-state index in [2.05, 4.69) is 5.32 Å². The van der Waals surface area contributed by atoms with E-state index in [0.717, 1.165) is 0 Å². The van der Waals surface area contributed by atoms with Crippen molar-refractivity contribution < 1.29 is 24.6 Å². The average Bonchev–Trinajstić information content (AvgIpc) is 2.10. The minimum atomic E-state index is -1.64. The predicted molar refractivity (Wildman–Crippen MR) is 50.3 cm³/mol. The fraction of sp³-hybridized carbons (Fsp3) is 0.625. The highest BCUT2D eigenvalue weighted by Gasteiger charge is 2.20. The largest absolute Gasteiger partial charge is 0.480 e. The van der Waals surface area contributed by atoms with E-state index in [9.17, 15) is 14.4 Å². The zero-order valence-corrected chi connectivity index (χ0v) is 8.48. The molecule has 0 aromatic carbocycles. The van der Waals surface area contributed by atoms with Crippen LogP contribution in [0.4, 0.5) is 0 Å². The fourth-order valence-corrected chi connectivity index (χ4v) is 0.890. The van der Waals surface area contributed by atoms with E-state index in [1.54, 1.807) is 13.8 Å². The van der Waals surface area contributed by atoms with Crippen LogP contribution in [0.15, 0.2) is 0 Å². The molecule has 0 saturated carbocycles. The van der Waals surface area contributed by atoms with Crippen LogP contribution in [0.2, 0.25) is 0 Å². The number of aliphatic carboxylic acids is 2. The van der Waals surface area contributed by atoms with Gasteiger partial charge >= 0.3 is 17.8 Å². The van der Waals surface area contributed by atoms with E-state index in [1.807, 2.05) is 5.32 Å². The second-order valence-corrected chi connectivity index (χ2v) is 3.23. The Hall–Kier alpha value is -1.63. The summed E-state index contributed by atoms with van der Waals surface area (Å²) in [6.45, 7) is 3.22. The summed E-state index contributed by atoms with van der Waals surface area (Å²) < 4.78 is 0. The van der Waals surface area contributed by atoms with Crippen LogP contribution in [0.1, 0.15) is 13.8 Å². The molecule has 7 nitrogen and oxygen atoms in total. The van der Waals surface area contributed by atoms with Crippen molar-refractivity contribution in [1.82, 2.24) is 10.6 Å². The maximum atomic E-state index is 10.7. The zero-order chi connectivity index (χ0) is 12.0. The Balaban J connectivity index is 4.13. The number of nitrogens with one attached hydrogen (secondary N) is 2. The Morgan fingerprint density at radius 1 is 1.20 bits per heavy atom. The molecule has 0 radical (unpaired) electrons. The number of carboxylic acid groups (broad SMARTS) is 2. The lowest BCUT2D eigenvalue weighted by atomic mass is 10.2. The van der Waals surface area contributed by atoms with E-state index in [-0.39, 0.29) is 12.6 Å². The third kappa shape index (κ3) is 5.63. The molecule has 0 aliphatic rings. The van der Waals surface area contributed by atoms with Crippen LogP contribution in [-0.4, -0.2) is 46.7 Å². The third-order valence-electron chi connectivity index (χ3n) is 1.49. The first-order valence-electron chi connectivity index (χ1n) is 4.34. The molecule has 0 bridgehead atoms. The molecule has 1 unspecified atom stereocenters. The van der Waals surface area contributed by atoms with Crippen molar-refractivity contribution in [2.75, 3.05) is 6.54 Å². The first kappa shape index (κ1) is 13.4. The summed E-state index contributed by atoms with van der Waals surface area (Å²) in [5.74, 6) is -4.00. The summed E-state index contributed by atoms with van der Waals surface area (Å²) in [6.07, 6.45) is 0. The highest BCUT2D eigenvalue weighted by atomic mass is 16.4. The number of carbonyl (C=O) groups is 3. The van der Waals surface area contributed by atoms with Crippen molar-refractivity contribution in [2.24, 2.45) is 0 Å². The molecule has 0 rings (SSSR count). The predicted octanol–water partition coefficient (Wildman–Crippen LogP) is -1.36. The number of hydrogen-bond acceptors (Lipinski definition) is 4. The summed E-state index contributed by atoms with van der Waals surface area (Å²) >= 11 is 0. The van der Waals surface area contributed by atoms with Gasteiger partial charge < -0.3 is 20.8 Å². The quantitative estimate of drug-likeness (QED) is 0.423. The summed E-state index contributed by atoms with van der Waals surface area (Å²) in [5, 5.41) is 21.6. The molecule has 7 heteroatoms. The average molecular weight is 218 g/mol. The van der Waals surface area contributed by atoms with Crippen LogP contribution < -0.4 is 10.6 Å². The standard InChI is InChI=1S/C8H14N2O5/c1-4(2)10-5(7(12)13)3-9-6(11)8(14)15/h4-5,10H,3H2,1-2H3,(H,9,11)(H,12,13)(H,14,15). The van der Waals surface area contributed by atoms with E-state index in [0.29, 0.717) is 0 Å². The molecule has 0 spiro atoms. The fourth-order valence-electron chi connectivity index (χ4n) is 0.890. The van der Waals surface area contributed by atoms with Crippen molar-refractivity contribution in [1.29, 1.82) is 0 Å². The smallest absolute Gasteiger partial charge is 0.394 e. The lowest BCUT2D eigenvalue weighted by Gasteiger charge is -2.16. The lowest BCUT2D eigenvalue weighted by molar-refractivity contribution is -0.150. The number of carboxylic acids is 2. The molecule has 1 amide bonds. The van der Waals surface area contributed by atoms with Crippen LogP contribution >= 0.6 is 0 Å². The second kappa shape index (κ2) is 5.97. The topological polar surface area (TPSA) is 116 Å². The minimum Gasteiger partial charge on any atom is -0.480 e. The molecule has 0 heterocycles. The molecule has 1 atom stereocenters. The van der Waals surface area contributed by atoms with Gasteiger partial charge in [0.25, 0.3) is 0 Å². The first-order valence-corrected chi connectivity index (χ1v) is 4.34.